The van der Waals surface area contributed by atoms with Gasteiger partial charge in [0.05, 0.1) is 12.2 Å². The second kappa shape index (κ2) is 5.30. The van der Waals surface area contributed by atoms with E-state index >= 15 is 0 Å². The molecule has 9 nitrogen and oxygen atoms in total. The normalized spacial score (nSPS) is 12.0. The van der Waals surface area contributed by atoms with Crippen molar-refractivity contribution < 1.29 is 18.3 Å². The fraction of sp³-hybridized carbons (Fsp3) is 0.364. The molecule has 0 spiro atoms. The van der Waals surface area contributed by atoms with Gasteiger partial charge < -0.3 is 9.67 Å². The molecule has 0 aliphatic heterocycles. The largest absolute Gasteiger partial charge is 0.476 e. The highest BCUT2D eigenvalue weighted by Crippen LogP contribution is 2.22. The predicted molar refractivity (Wildman–Crippen MR) is 72.1 cm³/mol. The summed E-state index contributed by atoms with van der Waals surface area (Å²) in [5.74, 6) is -0.859. The third kappa shape index (κ3) is 2.67. The monoisotopic (exact) mass is 313 g/mol. The summed E-state index contributed by atoms with van der Waals surface area (Å²) < 4.78 is 27.8. The van der Waals surface area contributed by atoms with Crippen LogP contribution in [0.3, 0.4) is 0 Å². The first kappa shape index (κ1) is 15.2. The van der Waals surface area contributed by atoms with Crippen LogP contribution in [-0.2, 0) is 23.6 Å². The Bertz CT molecular complexity index is 776. The van der Waals surface area contributed by atoms with E-state index in [1.54, 1.807) is 24.0 Å². The third-order valence-corrected chi connectivity index (χ3v) is 5.01. The maximum atomic E-state index is 12.5. The molecule has 2 aromatic heterocycles. The summed E-state index contributed by atoms with van der Waals surface area (Å²) in [6.45, 7) is 1.48. The molecule has 21 heavy (non-hydrogen) atoms. The van der Waals surface area contributed by atoms with Crippen LogP contribution in [-0.4, -0.2) is 50.6 Å². The van der Waals surface area contributed by atoms with Crippen LogP contribution in [0.15, 0.2) is 17.3 Å². The number of nitrogens with zero attached hydrogens (tertiary/aromatic N) is 4. The first-order valence-electron chi connectivity index (χ1n) is 5.96. The fourth-order valence-electron chi connectivity index (χ4n) is 1.87. The molecule has 0 aromatic carbocycles. The van der Waals surface area contributed by atoms with Gasteiger partial charge in [0.15, 0.2) is 5.69 Å². The highest BCUT2D eigenvalue weighted by Gasteiger charge is 2.32. The van der Waals surface area contributed by atoms with Crippen molar-refractivity contribution in [2.45, 2.75) is 18.4 Å². The van der Waals surface area contributed by atoms with Crippen LogP contribution in [0.25, 0.3) is 0 Å². The molecule has 0 amide bonds. The Morgan fingerprint density at radius 1 is 1.52 bits per heavy atom. The molecule has 0 bridgehead atoms. The molecule has 0 saturated carbocycles. The molecule has 0 unspecified atom stereocenters. The molecule has 0 aliphatic carbocycles. The highest BCUT2D eigenvalue weighted by atomic mass is 32.2. The van der Waals surface area contributed by atoms with Crippen LogP contribution in [0.4, 0.5) is 0 Å². The lowest BCUT2D eigenvalue weighted by atomic mass is 10.4. The smallest absolute Gasteiger partial charge is 0.357 e. The number of carbonyl (C=O) groups is 1. The number of aromatic amines is 1. The average molecular weight is 313 g/mol. The number of nitrogens with one attached hydrogen (secondary N) is 1. The molecule has 2 aromatic rings. The van der Waals surface area contributed by atoms with Gasteiger partial charge in [0, 0.05) is 26.5 Å². The van der Waals surface area contributed by atoms with Crippen LogP contribution in [0.1, 0.15) is 22.0 Å². The van der Waals surface area contributed by atoms with Gasteiger partial charge in [-0.3, -0.25) is 5.10 Å². The molecular weight excluding hydrogens is 298 g/mol. The molecular formula is C11H15N5O4S. The molecule has 2 rings (SSSR count). The number of sulfonamides is 1. The standard InChI is InChI=1S/C11H15N5O4S/c1-7-10(9(11(17)18)14-13-7)21(19,20)16(3)6-8-12-4-5-15(8)2/h4-5H,6H2,1-3H3,(H,13,14)(H,17,18). The topological polar surface area (TPSA) is 121 Å². The van der Waals surface area contributed by atoms with E-state index in [2.05, 4.69) is 15.2 Å². The molecule has 0 atom stereocenters. The van der Waals surface area contributed by atoms with Gasteiger partial charge >= 0.3 is 5.97 Å². The van der Waals surface area contributed by atoms with E-state index in [1.807, 2.05) is 0 Å². The van der Waals surface area contributed by atoms with Crippen LogP contribution >= 0.6 is 0 Å². The predicted octanol–water partition coefficient (Wildman–Crippen LogP) is -0.0295. The van der Waals surface area contributed by atoms with E-state index in [4.69, 9.17) is 5.11 Å². The Balaban J connectivity index is 2.40. The SMILES string of the molecule is Cc1[nH]nc(C(=O)O)c1S(=O)(=O)N(C)Cc1nccn1C. The van der Waals surface area contributed by atoms with Gasteiger partial charge in [-0.15, -0.1) is 0 Å². The van der Waals surface area contributed by atoms with Gasteiger partial charge in [0.25, 0.3) is 0 Å². The van der Waals surface area contributed by atoms with Gasteiger partial charge in [0.2, 0.25) is 10.0 Å². The number of hydrogen-bond donors (Lipinski definition) is 2. The van der Waals surface area contributed by atoms with Crippen molar-refractivity contribution in [3.05, 3.63) is 29.6 Å². The molecule has 10 heteroatoms. The number of carboxylic acid groups (broad SMARTS) is 1. The summed E-state index contributed by atoms with van der Waals surface area (Å²) in [6.07, 6.45) is 3.25. The molecule has 0 radical (unpaired) electrons. The molecule has 0 aliphatic rings. The van der Waals surface area contributed by atoms with E-state index in [0.29, 0.717) is 5.82 Å². The zero-order chi connectivity index (χ0) is 15.8. The van der Waals surface area contributed by atoms with E-state index in [1.165, 1.54) is 14.0 Å². The zero-order valence-corrected chi connectivity index (χ0v) is 12.5. The zero-order valence-electron chi connectivity index (χ0n) is 11.7. The van der Waals surface area contributed by atoms with Gasteiger partial charge in [-0.05, 0) is 6.92 Å². The minimum Gasteiger partial charge on any atom is -0.476 e. The van der Waals surface area contributed by atoms with Gasteiger partial charge in [0.1, 0.15) is 10.7 Å². The van der Waals surface area contributed by atoms with Gasteiger partial charge in [-0.1, -0.05) is 0 Å². The number of imidazole rings is 1. The number of aromatic carboxylic acids is 1. The molecule has 0 saturated heterocycles. The maximum absolute atomic E-state index is 12.5. The molecule has 114 valence electrons. The van der Waals surface area contributed by atoms with Crippen molar-refractivity contribution in [1.29, 1.82) is 0 Å². The Morgan fingerprint density at radius 3 is 2.71 bits per heavy atom. The minimum absolute atomic E-state index is 0.0233. The average Bonchev–Trinajstić information content (AvgIpc) is 2.96. The van der Waals surface area contributed by atoms with Gasteiger partial charge in [-0.25, -0.2) is 18.2 Å². The summed E-state index contributed by atoms with van der Waals surface area (Å²) in [6, 6.07) is 0. The summed E-state index contributed by atoms with van der Waals surface area (Å²) in [7, 11) is -0.882. The quantitative estimate of drug-likeness (QED) is 0.799. The lowest BCUT2D eigenvalue weighted by Crippen LogP contribution is -2.29. The summed E-state index contributed by atoms with van der Waals surface area (Å²) in [4.78, 5) is 14.8. The van der Waals surface area contributed by atoms with E-state index < -0.39 is 21.7 Å². The van der Waals surface area contributed by atoms with Crippen molar-refractivity contribution in [3.63, 3.8) is 0 Å². The van der Waals surface area contributed by atoms with Crippen LogP contribution < -0.4 is 0 Å². The molecule has 2 heterocycles. The van der Waals surface area contributed by atoms with Gasteiger partial charge in [-0.2, -0.15) is 9.40 Å². The van der Waals surface area contributed by atoms with Crippen molar-refractivity contribution in [3.8, 4) is 0 Å². The number of aromatic nitrogens is 4. The fourth-order valence-corrected chi connectivity index (χ4v) is 3.28. The number of hydrogen-bond acceptors (Lipinski definition) is 5. The lowest BCUT2D eigenvalue weighted by Gasteiger charge is -2.16. The van der Waals surface area contributed by atoms with E-state index in [0.717, 1.165) is 4.31 Å². The Hall–Kier alpha value is -2.20. The number of carboxylic acids is 1. The summed E-state index contributed by atoms with van der Waals surface area (Å²) >= 11 is 0. The van der Waals surface area contributed by atoms with Crippen molar-refractivity contribution in [2.75, 3.05) is 7.05 Å². The minimum atomic E-state index is -3.99. The van der Waals surface area contributed by atoms with Crippen LogP contribution in [0.2, 0.25) is 0 Å². The number of aryl methyl sites for hydroxylation is 2. The molecule has 2 N–H and O–H groups in total. The second-order valence-corrected chi connectivity index (χ2v) is 6.53. The Morgan fingerprint density at radius 2 is 2.19 bits per heavy atom. The molecule has 0 fully saturated rings. The summed E-state index contributed by atoms with van der Waals surface area (Å²) in [5, 5.41) is 15.0. The van der Waals surface area contributed by atoms with Crippen LogP contribution in [0.5, 0.6) is 0 Å². The number of rotatable bonds is 5. The van der Waals surface area contributed by atoms with E-state index in [-0.39, 0.29) is 17.1 Å². The lowest BCUT2D eigenvalue weighted by molar-refractivity contribution is 0.0686. The van der Waals surface area contributed by atoms with Crippen LogP contribution in [0, 0.1) is 6.92 Å². The third-order valence-electron chi connectivity index (χ3n) is 3.05. The van der Waals surface area contributed by atoms with Crippen molar-refractivity contribution in [1.82, 2.24) is 24.1 Å². The summed E-state index contributed by atoms with van der Waals surface area (Å²) in [5.41, 5.74) is -0.335. The second-order valence-electron chi connectivity index (χ2n) is 4.55. The first-order chi connectivity index (χ1) is 9.75. The highest BCUT2D eigenvalue weighted by molar-refractivity contribution is 7.89. The Labute approximate surface area is 121 Å². The van der Waals surface area contributed by atoms with Crippen molar-refractivity contribution >= 4 is 16.0 Å². The Kier molecular flexibility index (Phi) is 3.83. The number of H-pyrrole nitrogens is 1. The first-order valence-corrected chi connectivity index (χ1v) is 7.40. The van der Waals surface area contributed by atoms with E-state index in [9.17, 15) is 13.2 Å². The maximum Gasteiger partial charge on any atom is 0.357 e. The van der Waals surface area contributed by atoms with Crippen molar-refractivity contribution in [2.24, 2.45) is 7.05 Å².